The first kappa shape index (κ1) is 16.6. The van der Waals surface area contributed by atoms with Gasteiger partial charge in [-0.25, -0.2) is 9.79 Å². The molecule has 1 aromatic carbocycles. The topological polar surface area (TPSA) is 59.5 Å². The summed E-state index contributed by atoms with van der Waals surface area (Å²) >= 11 is 0. The van der Waals surface area contributed by atoms with Crippen molar-refractivity contribution < 1.29 is 9.59 Å². The summed E-state index contributed by atoms with van der Waals surface area (Å²) in [5.41, 5.74) is 1.98. The van der Waals surface area contributed by atoms with Crippen molar-refractivity contribution in [2.24, 2.45) is 10.9 Å². The average molecular weight is 353 g/mol. The zero-order valence-electron chi connectivity index (χ0n) is 15.5. The Morgan fingerprint density at radius 1 is 1.15 bits per heavy atom. The zero-order valence-corrected chi connectivity index (χ0v) is 15.5. The summed E-state index contributed by atoms with van der Waals surface area (Å²) in [5.74, 6) is 0.735. The van der Waals surface area contributed by atoms with Gasteiger partial charge >= 0.3 is 6.03 Å². The molecule has 0 saturated carbocycles. The van der Waals surface area contributed by atoms with E-state index in [1.165, 1.54) is 4.90 Å². The maximum absolute atomic E-state index is 13.1. The molecule has 2 unspecified atom stereocenters. The Balaban J connectivity index is 1.71. The molecule has 0 N–H and O–H groups in total. The Hall–Kier alpha value is -2.83. The second kappa shape index (κ2) is 5.86. The highest BCUT2D eigenvalue weighted by atomic mass is 16.2. The molecule has 26 heavy (non-hydrogen) atoms. The van der Waals surface area contributed by atoms with Gasteiger partial charge in [0.2, 0.25) is 5.96 Å². The molecule has 4 rings (SSSR count). The molecule has 136 valence electrons. The van der Waals surface area contributed by atoms with Crippen LogP contribution in [0.25, 0.3) is 0 Å². The molecular formula is C19H23N5O2. The monoisotopic (exact) mass is 353 g/mol. The number of allylic oxidation sites excluding steroid dienone is 1. The third-order valence-corrected chi connectivity index (χ3v) is 4.95. The molecule has 0 radical (unpaired) electrons. The first-order valence-electron chi connectivity index (χ1n) is 8.88. The van der Waals surface area contributed by atoms with Crippen LogP contribution >= 0.6 is 0 Å². The van der Waals surface area contributed by atoms with Crippen LogP contribution in [0.5, 0.6) is 0 Å². The van der Waals surface area contributed by atoms with Gasteiger partial charge in [-0.05, 0) is 25.0 Å². The summed E-state index contributed by atoms with van der Waals surface area (Å²) in [7, 11) is 1.72. The molecule has 0 bridgehead atoms. The van der Waals surface area contributed by atoms with E-state index in [1.807, 2.05) is 67.1 Å². The van der Waals surface area contributed by atoms with E-state index in [4.69, 9.17) is 4.99 Å². The zero-order chi connectivity index (χ0) is 18.6. The number of imide groups is 1. The average Bonchev–Trinajstić information content (AvgIpc) is 3.12. The normalized spacial score (nSPS) is 25.0. The van der Waals surface area contributed by atoms with Crippen molar-refractivity contribution in [2.45, 2.75) is 33.0 Å². The van der Waals surface area contributed by atoms with Gasteiger partial charge in [0, 0.05) is 31.2 Å². The highest BCUT2D eigenvalue weighted by Crippen LogP contribution is 2.36. The Labute approximate surface area is 153 Å². The van der Waals surface area contributed by atoms with Crippen molar-refractivity contribution in [3.8, 4) is 0 Å². The molecule has 3 amide bonds. The first-order valence-corrected chi connectivity index (χ1v) is 8.88. The predicted octanol–water partition coefficient (Wildman–Crippen LogP) is 2.28. The molecule has 3 heterocycles. The largest absolute Gasteiger partial charge is 0.328 e. The lowest BCUT2D eigenvalue weighted by molar-refractivity contribution is -0.137. The molecular weight excluding hydrogens is 330 g/mol. The number of guanidine groups is 1. The van der Waals surface area contributed by atoms with Crippen molar-refractivity contribution in [1.82, 2.24) is 14.7 Å². The predicted molar refractivity (Wildman–Crippen MR) is 99.2 cm³/mol. The van der Waals surface area contributed by atoms with Crippen molar-refractivity contribution in [2.75, 3.05) is 18.5 Å². The number of aliphatic imine (C=N–C) groups is 1. The number of benzene rings is 1. The maximum atomic E-state index is 13.1. The van der Waals surface area contributed by atoms with Gasteiger partial charge in [0.15, 0.2) is 12.2 Å². The number of para-hydroxylation sites is 1. The molecule has 0 aliphatic carbocycles. The number of amides is 3. The van der Waals surface area contributed by atoms with Gasteiger partial charge in [0.1, 0.15) is 0 Å². The number of carbonyl (C=O) groups excluding carboxylic acids is 2. The van der Waals surface area contributed by atoms with Crippen molar-refractivity contribution >= 4 is 23.6 Å². The number of nitrogens with zero attached hydrogens (tertiary/aromatic N) is 5. The van der Waals surface area contributed by atoms with Crippen LogP contribution in [-0.2, 0) is 4.79 Å². The number of hydrogen-bond donors (Lipinski definition) is 0. The summed E-state index contributed by atoms with van der Waals surface area (Å²) in [6, 6.07) is 9.14. The number of carbonyl (C=O) groups is 2. The molecule has 0 aromatic heterocycles. The lowest BCUT2D eigenvalue weighted by Crippen LogP contribution is -2.64. The third kappa shape index (κ3) is 2.30. The summed E-state index contributed by atoms with van der Waals surface area (Å²) in [6.45, 7) is 6.41. The fourth-order valence-electron chi connectivity index (χ4n) is 3.78. The quantitative estimate of drug-likeness (QED) is 0.837. The lowest BCUT2D eigenvalue weighted by Gasteiger charge is -2.40. The molecule has 7 nitrogen and oxygen atoms in total. The van der Waals surface area contributed by atoms with E-state index in [9.17, 15) is 9.59 Å². The van der Waals surface area contributed by atoms with Crippen LogP contribution in [0, 0.1) is 5.92 Å². The Morgan fingerprint density at radius 2 is 1.85 bits per heavy atom. The van der Waals surface area contributed by atoms with Gasteiger partial charge in [0.05, 0.1) is 0 Å². The maximum Gasteiger partial charge on any atom is 0.328 e. The minimum Gasteiger partial charge on any atom is -0.302 e. The summed E-state index contributed by atoms with van der Waals surface area (Å²) in [4.78, 5) is 37.4. The lowest BCUT2D eigenvalue weighted by atomic mass is 10.1. The molecule has 3 aliphatic heterocycles. The molecule has 1 fully saturated rings. The number of rotatable bonds is 3. The second-order valence-electron chi connectivity index (χ2n) is 7.37. The van der Waals surface area contributed by atoms with Crippen molar-refractivity contribution in [3.63, 3.8) is 0 Å². The van der Waals surface area contributed by atoms with E-state index >= 15 is 0 Å². The number of fused-ring (bicyclic) bond motifs is 3. The van der Waals surface area contributed by atoms with Crippen LogP contribution in [0.15, 0.2) is 47.2 Å². The highest BCUT2D eigenvalue weighted by molar-refractivity contribution is 6.09. The second-order valence-corrected chi connectivity index (χ2v) is 7.37. The fourth-order valence-corrected chi connectivity index (χ4v) is 3.78. The van der Waals surface area contributed by atoms with Crippen LogP contribution in [-0.4, -0.2) is 58.4 Å². The van der Waals surface area contributed by atoms with Crippen molar-refractivity contribution in [3.05, 3.63) is 42.2 Å². The number of urea groups is 1. The first-order chi connectivity index (χ1) is 12.4. The van der Waals surface area contributed by atoms with Gasteiger partial charge in [-0.2, -0.15) is 0 Å². The van der Waals surface area contributed by atoms with Gasteiger partial charge in [-0.15, -0.1) is 0 Å². The third-order valence-electron chi connectivity index (χ3n) is 4.95. The number of anilines is 1. The minimum absolute atomic E-state index is 0.176. The van der Waals surface area contributed by atoms with Crippen LogP contribution in [0.4, 0.5) is 10.5 Å². The van der Waals surface area contributed by atoms with Crippen LogP contribution in [0.3, 0.4) is 0 Å². The molecule has 0 spiro atoms. The number of likely N-dealkylation sites (N-methyl/N-ethyl adjacent to an activating group) is 1. The van der Waals surface area contributed by atoms with Crippen LogP contribution < -0.4 is 4.90 Å². The SMILES string of the molecule is CC1=CN2C(=NC3C2C(=O)N(CC(C)C)C(=O)N3C)N1c1ccccc1. The van der Waals surface area contributed by atoms with Gasteiger partial charge < -0.3 is 9.80 Å². The van der Waals surface area contributed by atoms with E-state index in [1.54, 1.807) is 11.9 Å². The van der Waals surface area contributed by atoms with E-state index in [0.717, 1.165) is 11.4 Å². The van der Waals surface area contributed by atoms with Gasteiger partial charge in [0.25, 0.3) is 5.91 Å². The number of hydrogen-bond acceptors (Lipinski definition) is 5. The summed E-state index contributed by atoms with van der Waals surface area (Å²) in [6.07, 6.45) is 1.45. The Morgan fingerprint density at radius 3 is 2.50 bits per heavy atom. The minimum atomic E-state index is -0.505. The van der Waals surface area contributed by atoms with Crippen LogP contribution in [0.1, 0.15) is 20.8 Å². The standard InChI is InChI=1S/C19H23N5O2/c1-12(2)10-23-17(25)15-16(21(4)19(23)26)20-18-22(15)11-13(3)24(18)14-8-6-5-7-9-14/h5-9,11-12,15-16H,10H2,1-4H3. The fraction of sp³-hybridized carbons (Fsp3) is 0.421. The van der Waals surface area contributed by atoms with E-state index in [2.05, 4.69) is 0 Å². The smallest absolute Gasteiger partial charge is 0.302 e. The Kier molecular flexibility index (Phi) is 3.75. The molecule has 1 aromatic rings. The van der Waals surface area contributed by atoms with Gasteiger partial charge in [-0.3, -0.25) is 14.6 Å². The molecule has 2 atom stereocenters. The Bertz CT molecular complexity index is 816. The summed E-state index contributed by atoms with van der Waals surface area (Å²) < 4.78 is 0. The van der Waals surface area contributed by atoms with E-state index in [-0.39, 0.29) is 17.9 Å². The van der Waals surface area contributed by atoms with Crippen LogP contribution in [0.2, 0.25) is 0 Å². The molecule has 7 heteroatoms. The highest BCUT2D eigenvalue weighted by Gasteiger charge is 2.54. The summed E-state index contributed by atoms with van der Waals surface area (Å²) in [5, 5.41) is 0. The molecule has 1 saturated heterocycles. The van der Waals surface area contributed by atoms with Crippen molar-refractivity contribution in [1.29, 1.82) is 0 Å². The molecule has 3 aliphatic rings. The van der Waals surface area contributed by atoms with E-state index in [0.29, 0.717) is 12.5 Å². The van der Waals surface area contributed by atoms with Gasteiger partial charge in [-0.1, -0.05) is 32.0 Å². The van der Waals surface area contributed by atoms with E-state index < -0.39 is 12.2 Å².